The van der Waals surface area contributed by atoms with E-state index < -0.39 is 0 Å². The topological polar surface area (TPSA) is 54.0 Å². The molecule has 1 atom stereocenters. The number of carbonyl (C=O) groups excluding carboxylic acids is 1. The largest absolute Gasteiger partial charge is 0.351 e. The molecule has 0 radical (unpaired) electrons. The van der Waals surface area contributed by atoms with Crippen LogP contribution >= 0.6 is 0 Å². The van der Waals surface area contributed by atoms with Gasteiger partial charge in [0.25, 0.3) is 5.91 Å². The molecule has 1 aromatic carbocycles. The predicted molar refractivity (Wildman–Crippen MR) is 79.7 cm³/mol. The zero-order chi connectivity index (χ0) is 13.8. The Morgan fingerprint density at radius 1 is 1.35 bits per heavy atom. The molecule has 1 amide bonds. The van der Waals surface area contributed by atoms with Gasteiger partial charge in [-0.2, -0.15) is 0 Å². The number of benzene rings is 1. The molecule has 1 aromatic heterocycles. The van der Waals surface area contributed by atoms with Crippen LogP contribution in [0.1, 0.15) is 29.8 Å². The van der Waals surface area contributed by atoms with Crippen molar-refractivity contribution in [2.24, 2.45) is 0 Å². The third kappa shape index (κ3) is 2.80. The number of amides is 1. The molecule has 4 nitrogen and oxygen atoms in total. The summed E-state index contributed by atoms with van der Waals surface area (Å²) in [5.74, 6) is -0.0835. The van der Waals surface area contributed by atoms with Gasteiger partial charge in [0.1, 0.15) is 5.69 Å². The summed E-state index contributed by atoms with van der Waals surface area (Å²) in [7, 11) is 0. The van der Waals surface area contributed by atoms with Crippen LogP contribution in [0, 0.1) is 0 Å². The Balaban J connectivity index is 1.66. The quantitative estimate of drug-likeness (QED) is 0.893. The van der Waals surface area contributed by atoms with E-state index >= 15 is 0 Å². The Bertz CT molecular complexity index is 600. The predicted octanol–water partition coefficient (Wildman–Crippen LogP) is 2.11. The first-order chi connectivity index (χ1) is 9.84. The molecule has 1 saturated heterocycles. The summed E-state index contributed by atoms with van der Waals surface area (Å²) in [5, 5.41) is 8.36. The van der Waals surface area contributed by atoms with E-state index in [2.05, 4.69) is 15.6 Å². The molecule has 104 valence electrons. The maximum Gasteiger partial charge on any atom is 0.270 e. The molecule has 2 N–H and O–H groups in total. The number of fused-ring (bicyclic) bond motifs is 1. The van der Waals surface area contributed by atoms with E-state index in [0.29, 0.717) is 18.3 Å². The van der Waals surface area contributed by atoms with Crippen molar-refractivity contribution < 1.29 is 4.79 Å². The molecule has 1 aliphatic heterocycles. The second kappa shape index (κ2) is 6.01. The molecule has 2 heterocycles. The van der Waals surface area contributed by atoms with E-state index in [-0.39, 0.29) is 5.91 Å². The number of rotatable bonds is 4. The van der Waals surface area contributed by atoms with E-state index in [1.54, 1.807) is 6.20 Å². The Kier molecular flexibility index (Phi) is 3.92. The molecule has 20 heavy (non-hydrogen) atoms. The van der Waals surface area contributed by atoms with Crippen molar-refractivity contribution in [3.05, 3.63) is 42.2 Å². The van der Waals surface area contributed by atoms with Gasteiger partial charge in [-0.25, -0.2) is 0 Å². The summed E-state index contributed by atoms with van der Waals surface area (Å²) >= 11 is 0. The van der Waals surface area contributed by atoms with Crippen LogP contribution in [0.15, 0.2) is 36.5 Å². The fraction of sp³-hybridized carbons (Fsp3) is 0.375. The molecule has 0 bridgehead atoms. The van der Waals surface area contributed by atoms with Crippen molar-refractivity contribution in [1.82, 2.24) is 15.6 Å². The number of aromatic nitrogens is 1. The van der Waals surface area contributed by atoms with Crippen LogP contribution in [0.5, 0.6) is 0 Å². The van der Waals surface area contributed by atoms with Crippen LogP contribution in [-0.4, -0.2) is 30.0 Å². The number of carbonyl (C=O) groups is 1. The molecule has 0 saturated carbocycles. The first kappa shape index (κ1) is 13.1. The molecule has 2 aromatic rings. The Hall–Kier alpha value is -1.94. The molecule has 1 aliphatic rings. The highest BCUT2D eigenvalue weighted by Gasteiger charge is 2.15. The van der Waals surface area contributed by atoms with E-state index in [9.17, 15) is 4.79 Å². The number of nitrogens with zero attached hydrogens (tertiary/aromatic N) is 1. The second-order valence-corrected chi connectivity index (χ2v) is 5.22. The lowest BCUT2D eigenvalue weighted by atomic mass is 10.1. The lowest BCUT2D eigenvalue weighted by molar-refractivity contribution is 0.0949. The first-order valence-electron chi connectivity index (χ1n) is 7.20. The average Bonchev–Trinajstić information content (AvgIpc) is 3.00. The summed E-state index contributed by atoms with van der Waals surface area (Å²) in [4.78, 5) is 16.5. The normalized spacial score (nSPS) is 18.3. The lowest BCUT2D eigenvalue weighted by Gasteiger charge is -2.11. The third-order valence-electron chi connectivity index (χ3n) is 3.83. The maximum atomic E-state index is 12.2. The molecule has 0 aliphatic carbocycles. The Morgan fingerprint density at radius 2 is 2.25 bits per heavy atom. The van der Waals surface area contributed by atoms with Gasteiger partial charge < -0.3 is 10.6 Å². The van der Waals surface area contributed by atoms with Crippen LogP contribution in [0.2, 0.25) is 0 Å². The minimum Gasteiger partial charge on any atom is -0.351 e. The van der Waals surface area contributed by atoms with Crippen LogP contribution in [0.25, 0.3) is 10.8 Å². The van der Waals surface area contributed by atoms with Crippen LogP contribution < -0.4 is 10.6 Å². The Morgan fingerprint density at radius 3 is 3.10 bits per heavy atom. The van der Waals surface area contributed by atoms with Crippen molar-refractivity contribution in [1.29, 1.82) is 0 Å². The van der Waals surface area contributed by atoms with Crippen molar-refractivity contribution in [2.75, 3.05) is 13.1 Å². The van der Waals surface area contributed by atoms with Gasteiger partial charge in [-0.1, -0.05) is 24.3 Å². The molecular formula is C16H19N3O. The van der Waals surface area contributed by atoms with Gasteiger partial charge in [0.2, 0.25) is 0 Å². The van der Waals surface area contributed by atoms with Crippen molar-refractivity contribution in [3.63, 3.8) is 0 Å². The number of nitrogens with one attached hydrogen (secondary N) is 2. The summed E-state index contributed by atoms with van der Waals surface area (Å²) in [5.41, 5.74) is 0.516. The van der Waals surface area contributed by atoms with E-state index in [1.165, 1.54) is 12.8 Å². The molecule has 0 spiro atoms. The summed E-state index contributed by atoms with van der Waals surface area (Å²) < 4.78 is 0. The minimum atomic E-state index is -0.0835. The van der Waals surface area contributed by atoms with Crippen molar-refractivity contribution in [3.8, 4) is 0 Å². The molecular weight excluding hydrogens is 250 g/mol. The fourth-order valence-corrected chi connectivity index (χ4v) is 2.75. The van der Waals surface area contributed by atoms with Crippen LogP contribution in [0.4, 0.5) is 0 Å². The molecule has 3 rings (SSSR count). The first-order valence-corrected chi connectivity index (χ1v) is 7.20. The number of hydrogen-bond donors (Lipinski definition) is 2. The smallest absolute Gasteiger partial charge is 0.270 e. The van der Waals surface area contributed by atoms with E-state index in [1.807, 2.05) is 30.3 Å². The highest BCUT2D eigenvalue weighted by atomic mass is 16.1. The summed E-state index contributed by atoms with van der Waals surface area (Å²) in [6, 6.07) is 10.3. The lowest BCUT2D eigenvalue weighted by Crippen LogP contribution is -2.31. The molecule has 4 heteroatoms. The average molecular weight is 269 g/mol. The second-order valence-electron chi connectivity index (χ2n) is 5.22. The maximum absolute atomic E-state index is 12.2. The van der Waals surface area contributed by atoms with Crippen molar-refractivity contribution >= 4 is 16.7 Å². The third-order valence-corrected chi connectivity index (χ3v) is 3.83. The van der Waals surface area contributed by atoms with Crippen molar-refractivity contribution in [2.45, 2.75) is 25.3 Å². The van der Waals surface area contributed by atoms with Gasteiger partial charge >= 0.3 is 0 Å². The van der Waals surface area contributed by atoms with Gasteiger partial charge in [-0.05, 0) is 37.3 Å². The Labute approximate surface area is 118 Å². The SMILES string of the molecule is O=C(NCC[C@@H]1CCCN1)c1nccc2ccccc12. The fourth-order valence-electron chi connectivity index (χ4n) is 2.75. The highest BCUT2D eigenvalue weighted by molar-refractivity contribution is 6.05. The minimum absolute atomic E-state index is 0.0835. The van der Waals surface area contributed by atoms with Crippen LogP contribution in [-0.2, 0) is 0 Å². The standard InChI is InChI=1S/C16H19N3O/c20-16(19-11-8-13-5-3-9-17-13)15-14-6-2-1-4-12(14)7-10-18-15/h1-2,4,6-7,10,13,17H,3,5,8-9,11H2,(H,19,20)/t13-/m0/s1. The zero-order valence-corrected chi connectivity index (χ0v) is 11.4. The number of pyridine rings is 1. The number of hydrogen-bond acceptors (Lipinski definition) is 3. The molecule has 0 unspecified atom stereocenters. The van der Waals surface area contributed by atoms with Gasteiger partial charge in [0.15, 0.2) is 0 Å². The highest BCUT2D eigenvalue weighted by Crippen LogP contribution is 2.16. The van der Waals surface area contributed by atoms with Gasteiger partial charge in [0.05, 0.1) is 0 Å². The molecule has 1 fully saturated rings. The summed E-state index contributed by atoms with van der Waals surface area (Å²) in [6.45, 7) is 1.80. The van der Waals surface area contributed by atoms with E-state index in [4.69, 9.17) is 0 Å². The monoisotopic (exact) mass is 269 g/mol. The van der Waals surface area contributed by atoms with E-state index in [0.717, 1.165) is 23.7 Å². The van der Waals surface area contributed by atoms with Crippen LogP contribution in [0.3, 0.4) is 0 Å². The zero-order valence-electron chi connectivity index (χ0n) is 11.4. The van der Waals surface area contributed by atoms with Gasteiger partial charge in [0, 0.05) is 24.2 Å². The van der Waals surface area contributed by atoms with Gasteiger partial charge in [-0.3, -0.25) is 9.78 Å². The van der Waals surface area contributed by atoms with Gasteiger partial charge in [-0.15, -0.1) is 0 Å². The summed E-state index contributed by atoms with van der Waals surface area (Å²) in [6.07, 6.45) is 5.12.